The van der Waals surface area contributed by atoms with Crippen molar-refractivity contribution in [2.75, 3.05) is 12.3 Å². The Morgan fingerprint density at radius 2 is 2.11 bits per heavy atom. The molecule has 3 rings (SSSR count). The van der Waals surface area contributed by atoms with Gasteiger partial charge in [0.25, 0.3) is 0 Å². The first kappa shape index (κ1) is 12.8. The fourth-order valence-electron chi connectivity index (χ4n) is 2.27. The minimum absolute atomic E-state index is 0.0643. The predicted octanol–water partition coefficient (Wildman–Crippen LogP) is 4.08. The van der Waals surface area contributed by atoms with Crippen molar-refractivity contribution < 1.29 is 9.26 Å². The van der Waals surface area contributed by atoms with E-state index >= 15 is 0 Å². The van der Waals surface area contributed by atoms with Crippen LogP contribution in [-0.2, 0) is 4.74 Å². The number of hydrogen-bond acceptors (Lipinski definition) is 4. The van der Waals surface area contributed by atoms with Gasteiger partial charge < -0.3 is 15.0 Å². The lowest BCUT2D eigenvalue weighted by Gasteiger charge is -2.09. The van der Waals surface area contributed by atoms with E-state index in [2.05, 4.69) is 5.16 Å². The summed E-state index contributed by atoms with van der Waals surface area (Å²) in [7, 11) is 0. The molecule has 1 aromatic heterocycles. The molecule has 1 fully saturated rings. The van der Waals surface area contributed by atoms with E-state index in [-0.39, 0.29) is 12.0 Å². The van der Waals surface area contributed by atoms with Gasteiger partial charge >= 0.3 is 0 Å². The number of nitrogen functional groups attached to an aromatic ring is 1. The number of halogens is 2. The Balaban J connectivity index is 2.08. The van der Waals surface area contributed by atoms with Gasteiger partial charge in [0.2, 0.25) is 5.88 Å². The Labute approximate surface area is 120 Å². The standard InChI is InChI=1S/C13H12Cl2N2O2/c14-8-4-3-7(6-9(8)15)11-12(17-19-13(11)16)10-2-1-5-18-10/h3-4,6,10H,1-2,5,16H2. The van der Waals surface area contributed by atoms with Gasteiger partial charge in [0.15, 0.2) is 0 Å². The quantitative estimate of drug-likeness (QED) is 0.907. The second kappa shape index (κ2) is 5.04. The molecule has 19 heavy (non-hydrogen) atoms. The van der Waals surface area contributed by atoms with E-state index < -0.39 is 0 Å². The zero-order valence-electron chi connectivity index (χ0n) is 10.0. The molecule has 2 heterocycles. The third kappa shape index (κ3) is 2.31. The van der Waals surface area contributed by atoms with Crippen molar-refractivity contribution in [3.63, 3.8) is 0 Å². The SMILES string of the molecule is Nc1onc(C2CCCO2)c1-c1ccc(Cl)c(Cl)c1. The number of aromatic nitrogens is 1. The lowest BCUT2D eigenvalue weighted by Crippen LogP contribution is -1.99. The molecule has 2 aromatic rings. The summed E-state index contributed by atoms with van der Waals surface area (Å²) in [5.74, 6) is 0.267. The van der Waals surface area contributed by atoms with Crippen LogP contribution >= 0.6 is 23.2 Å². The monoisotopic (exact) mass is 298 g/mol. The third-order valence-corrected chi connectivity index (χ3v) is 3.93. The van der Waals surface area contributed by atoms with Crippen molar-refractivity contribution in [2.24, 2.45) is 0 Å². The highest BCUT2D eigenvalue weighted by atomic mass is 35.5. The summed E-state index contributed by atoms with van der Waals surface area (Å²) in [6, 6.07) is 5.33. The molecule has 0 saturated carbocycles. The zero-order chi connectivity index (χ0) is 13.4. The molecule has 0 amide bonds. The van der Waals surface area contributed by atoms with Crippen molar-refractivity contribution in [2.45, 2.75) is 18.9 Å². The van der Waals surface area contributed by atoms with E-state index in [1.807, 2.05) is 6.07 Å². The van der Waals surface area contributed by atoms with Gasteiger partial charge in [-0.3, -0.25) is 0 Å². The van der Waals surface area contributed by atoms with Crippen molar-refractivity contribution in [1.29, 1.82) is 0 Å². The number of anilines is 1. The summed E-state index contributed by atoms with van der Waals surface area (Å²) in [6.07, 6.45) is 1.86. The van der Waals surface area contributed by atoms with Crippen LogP contribution in [0, 0.1) is 0 Å². The Bertz CT molecular complexity index is 607. The molecule has 1 atom stereocenters. The Morgan fingerprint density at radius 1 is 1.26 bits per heavy atom. The van der Waals surface area contributed by atoms with E-state index in [9.17, 15) is 0 Å². The maximum atomic E-state index is 6.04. The lowest BCUT2D eigenvalue weighted by molar-refractivity contribution is 0.106. The first-order valence-electron chi connectivity index (χ1n) is 5.99. The van der Waals surface area contributed by atoms with Crippen LogP contribution < -0.4 is 5.73 Å². The average Bonchev–Trinajstić information content (AvgIpc) is 3.01. The van der Waals surface area contributed by atoms with E-state index in [1.165, 1.54) is 0 Å². The maximum Gasteiger partial charge on any atom is 0.230 e. The van der Waals surface area contributed by atoms with Gasteiger partial charge in [-0.05, 0) is 30.5 Å². The molecule has 1 saturated heterocycles. The van der Waals surface area contributed by atoms with Crippen LogP contribution in [0.4, 0.5) is 5.88 Å². The maximum absolute atomic E-state index is 6.04. The van der Waals surface area contributed by atoms with Crippen LogP contribution in [0.3, 0.4) is 0 Å². The highest BCUT2D eigenvalue weighted by Crippen LogP contribution is 2.39. The summed E-state index contributed by atoms with van der Waals surface area (Å²) < 4.78 is 10.7. The van der Waals surface area contributed by atoms with Crippen LogP contribution in [0.1, 0.15) is 24.6 Å². The highest BCUT2D eigenvalue weighted by molar-refractivity contribution is 6.42. The van der Waals surface area contributed by atoms with E-state index in [0.717, 1.165) is 36.3 Å². The summed E-state index contributed by atoms with van der Waals surface area (Å²) in [6.45, 7) is 0.734. The number of rotatable bonds is 2. The van der Waals surface area contributed by atoms with Crippen LogP contribution in [-0.4, -0.2) is 11.8 Å². The minimum Gasteiger partial charge on any atom is -0.372 e. The number of nitrogens with two attached hydrogens (primary N) is 1. The number of benzene rings is 1. The molecular formula is C13H12Cl2N2O2. The van der Waals surface area contributed by atoms with Gasteiger partial charge in [-0.1, -0.05) is 34.4 Å². The second-order valence-electron chi connectivity index (χ2n) is 4.44. The van der Waals surface area contributed by atoms with E-state index in [1.54, 1.807) is 12.1 Å². The molecule has 2 N–H and O–H groups in total. The van der Waals surface area contributed by atoms with E-state index in [4.69, 9.17) is 38.2 Å². The molecule has 0 aliphatic carbocycles. The zero-order valence-corrected chi connectivity index (χ0v) is 11.5. The minimum atomic E-state index is -0.0643. The second-order valence-corrected chi connectivity index (χ2v) is 5.25. The van der Waals surface area contributed by atoms with Gasteiger partial charge in [0.1, 0.15) is 11.8 Å². The number of ether oxygens (including phenoxy) is 1. The molecule has 6 heteroatoms. The molecule has 0 spiro atoms. The van der Waals surface area contributed by atoms with E-state index in [0.29, 0.717) is 10.0 Å². The fourth-order valence-corrected chi connectivity index (χ4v) is 2.57. The number of nitrogens with zero attached hydrogens (tertiary/aromatic N) is 1. The van der Waals surface area contributed by atoms with Gasteiger partial charge in [-0.2, -0.15) is 0 Å². The van der Waals surface area contributed by atoms with Crippen LogP contribution in [0.25, 0.3) is 11.1 Å². The molecule has 0 radical (unpaired) electrons. The fraction of sp³-hybridized carbons (Fsp3) is 0.308. The first-order valence-corrected chi connectivity index (χ1v) is 6.74. The van der Waals surface area contributed by atoms with Gasteiger partial charge in [0.05, 0.1) is 15.6 Å². The smallest absolute Gasteiger partial charge is 0.230 e. The molecule has 1 aromatic carbocycles. The summed E-state index contributed by atoms with van der Waals surface area (Å²) in [5, 5.41) is 4.99. The Hall–Kier alpha value is -1.23. The average molecular weight is 299 g/mol. The van der Waals surface area contributed by atoms with Gasteiger partial charge in [-0.25, -0.2) is 0 Å². The molecule has 4 nitrogen and oxygen atoms in total. The van der Waals surface area contributed by atoms with Gasteiger partial charge in [0, 0.05) is 6.61 Å². The molecule has 100 valence electrons. The van der Waals surface area contributed by atoms with Crippen molar-refractivity contribution >= 4 is 29.1 Å². The summed E-state index contributed by atoms with van der Waals surface area (Å²) >= 11 is 12.0. The number of hydrogen-bond donors (Lipinski definition) is 1. The third-order valence-electron chi connectivity index (χ3n) is 3.19. The lowest BCUT2D eigenvalue weighted by atomic mass is 10.0. The summed E-state index contributed by atoms with van der Waals surface area (Å²) in [4.78, 5) is 0. The molecule has 0 bridgehead atoms. The van der Waals surface area contributed by atoms with Crippen LogP contribution in [0.5, 0.6) is 0 Å². The highest BCUT2D eigenvalue weighted by Gasteiger charge is 2.27. The summed E-state index contributed by atoms with van der Waals surface area (Å²) in [5.41, 5.74) is 8.17. The molecule has 1 unspecified atom stereocenters. The molecule has 1 aliphatic heterocycles. The molecule has 1 aliphatic rings. The van der Waals surface area contributed by atoms with Crippen molar-refractivity contribution in [3.8, 4) is 11.1 Å². The largest absolute Gasteiger partial charge is 0.372 e. The predicted molar refractivity (Wildman–Crippen MR) is 74.3 cm³/mol. The van der Waals surface area contributed by atoms with Crippen molar-refractivity contribution in [1.82, 2.24) is 5.16 Å². The Kier molecular flexibility index (Phi) is 3.39. The Morgan fingerprint density at radius 3 is 2.79 bits per heavy atom. The van der Waals surface area contributed by atoms with Crippen LogP contribution in [0.15, 0.2) is 22.7 Å². The topological polar surface area (TPSA) is 61.3 Å². The van der Waals surface area contributed by atoms with Crippen LogP contribution in [0.2, 0.25) is 10.0 Å². The van der Waals surface area contributed by atoms with Gasteiger partial charge in [-0.15, -0.1) is 0 Å². The normalized spacial score (nSPS) is 18.9. The van der Waals surface area contributed by atoms with Crippen molar-refractivity contribution in [3.05, 3.63) is 33.9 Å². The molecular weight excluding hydrogens is 287 g/mol. The first-order chi connectivity index (χ1) is 9.16.